The molecule has 9 rings (SSSR count). The van der Waals surface area contributed by atoms with Crippen molar-refractivity contribution in [1.29, 1.82) is 0 Å². The van der Waals surface area contributed by atoms with Crippen LogP contribution in [0.25, 0.3) is 64.4 Å². The molecule has 206 valence electrons. The third-order valence-electron chi connectivity index (χ3n) is 8.68. The summed E-state index contributed by atoms with van der Waals surface area (Å²) in [6, 6.07) is 56.8. The predicted octanol–water partition coefficient (Wildman–Crippen LogP) is 12.0. The number of anilines is 3. The Morgan fingerprint density at radius 3 is 1.77 bits per heavy atom. The Balaban J connectivity index is 1.27. The van der Waals surface area contributed by atoms with Gasteiger partial charge in [-0.15, -0.1) is 0 Å². The zero-order valence-electron chi connectivity index (χ0n) is 23.8. The van der Waals surface area contributed by atoms with E-state index in [0.717, 1.165) is 22.0 Å². The molecule has 0 saturated carbocycles. The number of thiazole rings is 1. The number of aromatic nitrogens is 1. The van der Waals surface area contributed by atoms with Crippen LogP contribution < -0.4 is 4.90 Å². The predicted molar refractivity (Wildman–Crippen MR) is 190 cm³/mol. The smallest absolute Gasteiger partial charge is 0.195 e. The summed E-state index contributed by atoms with van der Waals surface area (Å²) in [5, 5.41) is 11.0. The molecule has 3 heteroatoms. The minimum atomic E-state index is 0.953. The van der Waals surface area contributed by atoms with Gasteiger partial charge in [0.05, 0.1) is 10.2 Å². The van der Waals surface area contributed by atoms with E-state index in [2.05, 4.69) is 163 Å². The normalized spacial score (nSPS) is 11.6. The van der Waals surface area contributed by atoms with E-state index in [1.165, 1.54) is 58.9 Å². The first-order chi connectivity index (χ1) is 21.8. The number of hydrogen-bond donors (Lipinski definition) is 0. The number of nitrogens with zero attached hydrogens (tertiary/aromatic N) is 2. The maximum Gasteiger partial charge on any atom is 0.195 e. The zero-order valence-corrected chi connectivity index (χ0v) is 24.6. The molecule has 0 unspecified atom stereocenters. The molecule has 2 nitrogen and oxygen atoms in total. The van der Waals surface area contributed by atoms with Crippen LogP contribution in [0.4, 0.5) is 16.5 Å². The summed E-state index contributed by atoms with van der Waals surface area (Å²) in [6.07, 6.45) is 0. The van der Waals surface area contributed by atoms with Crippen molar-refractivity contribution in [3.63, 3.8) is 0 Å². The van der Waals surface area contributed by atoms with Gasteiger partial charge in [0.2, 0.25) is 0 Å². The van der Waals surface area contributed by atoms with E-state index in [0.29, 0.717) is 0 Å². The fraction of sp³-hybridized carbons (Fsp3) is 0. The molecule has 0 aliphatic carbocycles. The van der Waals surface area contributed by atoms with E-state index in [9.17, 15) is 0 Å². The van der Waals surface area contributed by atoms with E-state index in [4.69, 9.17) is 4.98 Å². The van der Waals surface area contributed by atoms with Gasteiger partial charge in [-0.05, 0) is 79.2 Å². The molecule has 1 aromatic heterocycles. The van der Waals surface area contributed by atoms with Crippen molar-refractivity contribution in [2.45, 2.75) is 0 Å². The van der Waals surface area contributed by atoms with Crippen LogP contribution in [-0.4, -0.2) is 4.98 Å². The van der Waals surface area contributed by atoms with Crippen molar-refractivity contribution in [3.8, 4) is 11.1 Å². The fourth-order valence-corrected chi connectivity index (χ4v) is 7.63. The zero-order chi connectivity index (χ0) is 29.0. The number of fused-ring (bicyclic) bond motifs is 8. The van der Waals surface area contributed by atoms with Gasteiger partial charge >= 0.3 is 0 Å². The van der Waals surface area contributed by atoms with Gasteiger partial charge < -0.3 is 0 Å². The Morgan fingerprint density at radius 2 is 0.977 bits per heavy atom. The lowest BCUT2D eigenvalue weighted by molar-refractivity contribution is 1.25. The highest BCUT2D eigenvalue weighted by atomic mass is 32.1. The molecule has 1 heterocycles. The maximum absolute atomic E-state index is 5.22. The molecule has 0 atom stereocenters. The molecule has 0 amide bonds. The molecule has 0 saturated heterocycles. The van der Waals surface area contributed by atoms with E-state index in [-0.39, 0.29) is 0 Å². The summed E-state index contributed by atoms with van der Waals surface area (Å²) in [4.78, 5) is 7.54. The largest absolute Gasteiger partial charge is 0.286 e. The molecule has 0 fully saturated rings. The van der Waals surface area contributed by atoms with Crippen molar-refractivity contribution in [1.82, 2.24) is 4.98 Å². The molecule has 44 heavy (non-hydrogen) atoms. The fourth-order valence-electron chi connectivity index (χ4n) is 6.49. The van der Waals surface area contributed by atoms with E-state index in [1.54, 1.807) is 11.3 Å². The van der Waals surface area contributed by atoms with Crippen LogP contribution in [0.2, 0.25) is 0 Å². The standard InChI is InChI=1S/C41H26N2S/c1-2-8-27(9-3-1)28-14-20-32(21-15-28)43(41-42-39-25-19-30-11-5-7-13-35(30)40(39)44-41)33-22-16-31-18-23-36-34-12-6-4-10-29(34)17-24-37(36)38(31)26-33/h1-26H. The van der Waals surface area contributed by atoms with Crippen molar-refractivity contribution < 1.29 is 0 Å². The molecule has 0 bridgehead atoms. The van der Waals surface area contributed by atoms with Crippen LogP contribution in [0.3, 0.4) is 0 Å². The number of hydrogen-bond acceptors (Lipinski definition) is 3. The minimum Gasteiger partial charge on any atom is -0.286 e. The van der Waals surface area contributed by atoms with E-state index < -0.39 is 0 Å². The quantitative estimate of drug-likeness (QED) is 0.193. The summed E-state index contributed by atoms with van der Waals surface area (Å²) in [7, 11) is 0. The maximum atomic E-state index is 5.22. The molecule has 0 radical (unpaired) electrons. The highest BCUT2D eigenvalue weighted by Crippen LogP contribution is 2.43. The molecule has 0 aliphatic heterocycles. The average molecular weight is 579 g/mol. The van der Waals surface area contributed by atoms with Gasteiger partial charge in [0.25, 0.3) is 0 Å². The molecular weight excluding hydrogens is 553 g/mol. The molecule has 0 N–H and O–H groups in total. The van der Waals surface area contributed by atoms with Gasteiger partial charge in [-0.1, -0.05) is 139 Å². The Hall–Kier alpha value is -5.51. The first-order valence-electron chi connectivity index (χ1n) is 14.9. The molecule has 0 spiro atoms. The topological polar surface area (TPSA) is 16.1 Å². The first kappa shape index (κ1) is 25.0. The van der Waals surface area contributed by atoms with Crippen molar-refractivity contribution in [2.24, 2.45) is 0 Å². The third kappa shape index (κ3) is 4.05. The van der Waals surface area contributed by atoms with Crippen LogP contribution >= 0.6 is 11.3 Å². The van der Waals surface area contributed by atoms with Crippen molar-refractivity contribution in [2.75, 3.05) is 4.90 Å². The number of rotatable bonds is 4. The van der Waals surface area contributed by atoms with Crippen LogP contribution in [0.5, 0.6) is 0 Å². The van der Waals surface area contributed by atoms with Gasteiger partial charge in [-0.25, -0.2) is 4.98 Å². The lowest BCUT2D eigenvalue weighted by Crippen LogP contribution is -2.09. The molecule has 0 aliphatic rings. The lowest BCUT2D eigenvalue weighted by atomic mass is 9.96. The lowest BCUT2D eigenvalue weighted by Gasteiger charge is -2.23. The third-order valence-corrected chi connectivity index (χ3v) is 9.77. The summed E-state index contributed by atoms with van der Waals surface area (Å²) in [5.41, 5.74) is 5.60. The second-order valence-electron chi connectivity index (χ2n) is 11.2. The Bertz CT molecular complexity index is 2490. The van der Waals surface area contributed by atoms with Crippen LogP contribution in [0.1, 0.15) is 0 Å². The van der Waals surface area contributed by atoms with E-state index >= 15 is 0 Å². The summed E-state index contributed by atoms with van der Waals surface area (Å²) >= 11 is 1.75. The SMILES string of the molecule is c1ccc(-c2ccc(N(c3ccc4ccc5c6ccccc6ccc5c4c3)c3nc4ccc5ccccc5c4s3)cc2)cc1. The monoisotopic (exact) mass is 578 g/mol. The highest BCUT2D eigenvalue weighted by Gasteiger charge is 2.19. The van der Waals surface area contributed by atoms with Gasteiger partial charge in [0, 0.05) is 16.8 Å². The van der Waals surface area contributed by atoms with Crippen LogP contribution in [0.15, 0.2) is 158 Å². The average Bonchev–Trinajstić information content (AvgIpc) is 3.53. The van der Waals surface area contributed by atoms with Crippen LogP contribution in [0, 0.1) is 0 Å². The second kappa shape index (κ2) is 10.0. The molecular formula is C41H26N2S. The second-order valence-corrected chi connectivity index (χ2v) is 12.2. The highest BCUT2D eigenvalue weighted by molar-refractivity contribution is 7.23. The van der Waals surface area contributed by atoms with Gasteiger partial charge in [0.1, 0.15) is 0 Å². The summed E-state index contributed by atoms with van der Waals surface area (Å²) in [5.74, 6) is 0. The molecule has 9 aromatic rings. The molecule has 8 aromatic carbocycles. The summed E-state index contributed by atoms with van der Waals surface area (Å²) < 4.78 is 1.21. The van der Waals surface area contributed by atoms with Crippen LogP contribution in [-0.2, 0) is 0 Å². The Kier molecular flexibility index (Phi) is 5.71. The van der Waals surface area contributed by atoms with Crippen molar-refractivity contribution in [3.05, 3.63) is 158 Å². The Morgan fingerprint density at radius 1 is 0.409 bits per heavy atom. The van der Waals surface area contributed by atoms with Gasteiger partial charge in [-0.3, -0.25) is 4.90 Å². The van der Waals surface area contributed by atoms with E-state index in [1.807, 2.05) is 0 Å². The van der Waals surface area contributed by atoms with Gasteiger partial charge in [-0.2, -0.15) is 0 Å². The number of benzene rings is 8. The first-order valence-corrected chi connectivity index (χ1v) is 15.7. The Labute approximate surface area is 259 Å². The van der Waals surface area contributed by atoms with Gasteiger partial charge in [0.15, 0.2) is 5.13 Å². The van der Waals surface area contributed by atoms with Crippen molar-refractivity contribution >= 4 is 81.1 Å². The minimum absolute atomic E-state index is 0.953. The summed E-state index contributed by atoms with van der Waals surface area (Å²) in [6.45, 7) is 0.